The molecule has 0 spiro atoms. The van der Waals surface area contributed by atoms with Gasteiger partial charge in [0.1, 0.15) is 23.3 Å². The number of carbonyl (C=O) groups excluding carboxylic acids is 1. The number of carboxylic acids is 1. The number of nitrogens with zero attached hydrogens (tertiary/aromatic N) is 3. The van der Waals surface area contributed by atoms with Crippen LogP contribution in [-0.4, -0.2) is 75.2 Å². The van der Waals surface area contributed by atoms with Gasteiger partial charge in [0.15, 0.2) is 0 Å². The van der Waals surface area contributed by atoms with E-state index in [4.69, 9.17) is 29.7 Å². The number of H-pyrrole nitrogens is 2. The van der Waals surface area contributed by atoms with Crippen LogP contribution >= 0.6 is 35.6 Å². The second kappa shape index (κ2) is 25.3. The Morgan fingerprint density at radius 2 is 1.24 bits per heavy atom. The summed E-state index contributed by atoms with van der Waals surface area (Å²) in [6, 6.07) is 23.1. The van der Waals surface area contributed by atoms with Crippen molar-refractivity contribution in [1.29, 1.82) is 0 Å². The number of aryl methyl sites for hydroxylation is 2. The molecule has 6 aromatic rings. The molecule has 0 bridgehead atoms. The first-order chi connectivity index (χ1) is 29.9. The van der Waals surface area contributed by atoms with Crippen LogP contribution in [0.2, 0.25) is 10.0 Å². The van der Waals surface area contributed by atoms with Gasteiger partial charge < -0.3 is 25.3 Å². The summed E-state index contributed by atoms with van der Waals surface area (Å²) in [4.78, 5) is 62.5. The third-order valence-corrected chi connectivity index (χ3v) is 10.3. The topological polar surface area (TPSA) is 161 Å². The molecule has 4 heterocycles. The summed E-state index contributed by atoms with van der Waals surface area (Å²) in [7, 11) is -1.00. The first kappa shape index (κ1) is 49.9. The quantitative estimate of drug-likeness (QED) is 0.117. The Kier molecular flexibility index (Phi) is 20.1. The van der Waals surface area contributed by atoms with Gasteiger partial charge in [0.05, 0.1) is 46.8 Å². The molecular weight excluding hydrogens is 880 g/mol. The van der Waals surface area contributed by atoms with Crippen LogP contribution in [0.5, 0.6) is 0 Å². The molecule has 0 saturated carbocycles. The molecule has 0 aliphatic carbocycles. The monoisotopic (exact) mass is 927 g/mol. The third-order valence-electron chi connectivity index (χ3n) is 9.68. The molecule has 63 heavy (non-hydrogen) atoms. The number of aliphatic carboxylic acids is 1. The minimum absolute atomic E-state index is 0. The molecule has 2 aromatic heterocycles. The van der Waals surface area contributed by atoms with E-state index in [1.807, 2.05) is 18.2 Å². The minimum Gasteiger partial charge on any atom is -0.481 e. The SMILES string of the molecule is C.Cl.Fc1ccc(C2=CCNCC2)cc1.O=C(CCc1nc2c(Cl)cccc2c(=O)[nH]1)N1CC=C(c2ccc(F)cc2)CC1.O=C(O)CCc1nc2c(Cl)cccc2c(=O)[nH]1.[2H]CF. The van der Waals surface area contributed by atoms with Gasteiger partial charge in [0, 0.05) is 38.9 Å². The summed E-state index contributed by atoms with van der Waals surface area (Å²) in [5.41, 5.74) is 4.84. The molecule has 2 aliphatic heterocycles. The number of aromatic nitrogens is 4. The fraction of sp³-hybridized carbons (Fsp3) is 0.261. The van der Waals surface area contributed by atoms with Crippen molar-refractivity contribution in [1.82, 2.24) is 30.2 Å². The molecule has 0 unspecified atom stereocenters. The Balaban J connectivity index is 0.000000265. The van der Waals surface area contributed by atoms with E-state index in [0.717, 1.165) is 42.6 Å². The van der Waals surface area contributed by atoms with Crippen LogP contribution in [-0.2, 0) is 22.4 Å². The molecule has 0 atom stereocenters. The highest BCUT2D eigenvalue weighted by Crippen LogP contribution is 2.24. The number of alkyl halides is 1. The summed E-state index contributed by atoms with van der Waals surface area (Å²) in [6.45, 7) is 3.06. The number of benzene rings is 4. The first-order valence-corrected chi connectivity index (χ1v) is 19.9. The number of aromatic amines is 2. The summed E-state index contributed by atoms with van der Waals surface area (Å²) >= 11 is 12.1. The van der Waals surface area contributed by atoms with Crippen LogP contribution in [0.1, 0.15) is 57.3 Å². The van der Waals surface area contributed by atoms with E-state index in [1.165, 1.54) is 29.8 Å². The lowest BCUT2D eigenvalue weighted by Crippen LogP contribution is -2.35. The molecule has 1 amide bonds. The van der Waals surface area contributed by atoms with Crippen molar-refractivity contribution in [2.45, 2.75) is 46.0 Å². The summed E-state index contributed by atoms with van der Waals surface area (Å²) in [5, 5.41) is 13.4. The number of para-hydroxylation sites is 2. The molecule has 4 aromatic carbocycles. The zero-order chi connectivity index (χ0) is 44.6. The molecule has 8 rings (SSSR count). The number of carbonyl (C=O) groups is 2. The predicted molar refractivity (Wildman–Crippen MR) is 247 cm³/mol. The number of hydrogen-bond donors (Lipinski definition) is 4. The normalized spacial score (nSPS) is 13.2. The number of hydrogen-bond acceptors (Lipinski definition) is 7. The van der Waals surface area contributed by atoms with E-state index >= 15 is 0 Å². The van der Waals surface area contributed by atoms with E-state index < -0.39 is 13.1 Å². The fourth-order valence-corrected chi connectivity index (χ4v) is 7.00. The standard InChI is InChI=1S/C22H19ClFN3O2.C11H9ClN2O3.C11H12FN.CH3F.CH4.ClH/c23-18-3-1-2-17-21(18)25-19(26-22(17)29)8-9-20(28)27-12-10-15(11-13-27)14-4-6-16(24)7-5-14;12-7-3-1-2-6-10(7)13-8(14-11(6)17)4-5-9(15)16;12-11-3-1-9(2-4-11)10-5-7-13-8-6-10;1-2;;/h1-7,10H,8-9,11-13H2,(H,25,26,29);1-3H,4-5H2,(H,15,16)(H,13,14,17);1-5,13H,6-8H2;1H3;1H4;1H/i;;;1D;;. The lowest BCUT2D eigenvalue weighted by atomic mass is 9.99. The average Bonchev–Trinajstić information content (AvgIpc) is 3.27. The van der Waals surface area contributed by atoms with Gasteiger partial charge in [0.25, 0.3) is 11.1 Å². The summed E-state index contributed by atoms with van der Waals surface area (Å²) in [6.07, 6.45) is 6.59. The average molecular weight is 929 g/mol. The maximum absolute atomic E-state index is 13.1. The molecule has 0 saturated heterocycles. The molecule has 0 radical (unpaired) electrons. The van der Waals surface area contributed by atoms with E-state index in [9.17, 15) is 32.3 Å². The van der Waals surface area contributed by atoms with Gasteiger partial charge in [-0.25, -0.2) is 18.7 Å². The van der Waals surface area contributed by atoms with E-state index in [2.05, 4.69) is 31.3 Å². The Hall–Kier alpha value is -5.80. The zero-order valence-corrected chi connectivity index (χ0v) is 35.6. The Labute approximate surface area is 379 Å². The van der Waals surface area contributed by atoms with Crippen LogP contribution in [0.25, 0.3) is 33.0 Å². The number of amides is 1. The Bertz CT molecular complexity index is 2680. The van der Waals surface area contributed by atoms with Crippen molar-refractivity contribution in [3.8, 4) is 0 Å². The minimum atomic E-state index is -1.00. The van der Waals surface area contributed by atoms with Crippen LogP contribution in [0.15, 0.2) is 107 Å². The highest BCUT2D eigenvalue weighted by molar-refractivity contribution is 6.35. The molecular formula is C46H48Cl3F3N6O5. The number of fused-ring (bicyclic) bond motifs is 2. The Morgan fingerprint density at radius 3 is 1.67 bits per heavy atom. The molecule has 0 fully saturated rings. The van der Waals surface area contributed by atoms with Crippen LogP contribution in [0.4, 0.5) is 13.2 Å². The summed E-state index contributed by atoms with van der Waals surface area (Å²) < 4.78 is 41.2. The second-order valence-corrected chi connectivity index (χ2v) is 14.5. The predicted octanol–water partition coefficient (Wildman–Crippen LogP) is 9.40. The van der Waals surface area contributed by atoms with Gasteiger partial charge >= 0.3 is 5.97 Å². The number of halogens is 6. The van der Waals surface area contributed by atoms with E-state index in [0.29, 0.717) is 63.0 Å². The second-order valence-electron chi connectivity index (χ2n) is 13.7. The largest absolute Gasteiger partial charge is 0.481 e. The van der Waals surface area contributed by atoms with Crippen LogP contribution in [0, 0.1) is 11.6 Å². The van der Waals surface area contributed by atoms with Crippen molar-refractivity contribution in [3.05, 3.63) is 162 Å². The van der Waals surface area contributed by atoms with Gasteiger partial charge in [-0.3, -0.25) is 23.6 Å². The van der Waals surface area contributed by atoms with Crippen LogP contribution < -0.4 is 16.4 Å². The number of nitrogens with one attached hydrogen (secondary N) is 3. The summed E-state index contributed by atoms with van der Waals surface area (Å²) in [5.74, 6) is -0.586. The van der Waals surface area contributed by atoms with Crippen molar-refractivity contribution in [3.63, 3.8) is 0 Å². The van der Waals surface area contributed by atoms with Crippen molar-refractivity contribution >= 4 is 80.4 Å². The van der Waals surface area contributed by atoms with Gasteiger partial charge in [-0.15, -0.1) is 12.4 Å². The Morgan fingerprint density at radius 1 is 0.762 bits per heavy atom. The fourth-order valence-electron chi connectivity index (χ4n) is 6.56. The maximum atomic E-state index is 13.1. The zero-order valence-electron chi connectivity index (χ0n) is 34.2. The van der Waals surface area contributed by atoms with Gasteiger partial charge in [0.2, 0.25) is 5.91 Å². The van der Waals surface area contributed by atoms with Gasteiger partial charge in [-0.05, 0) is 90.2 Å². The van der Waals surface area contributed by atoms with E-state index in [-0.39, 0.29) is 67.8 Å². The smallest absolute Gasteiger partial charge is 0.303 e. The third kappa shape index (κ3) is 14.6. The molecule has 334 valence electrons. The van der Waals surface area contributed by atoms with Gasteiger partial charge in [-0.2, -0.15) is 0 Å². The van der Waals surface area contributed by atoms with Crippen molar-refractivity contribution < 1.29 is 29.2 Å². The van der Waals surface area contributed by atoms with Crippen molar-refractivity contribution in [2.75, 3.05) is 33.3 Å². The molecule has 11 nitrogen and oxygen atoms in total. The number of carboxylic acid groups (broad SMARTS) is 1. The van der Waals surface area contributed by atoms with Gasteiger partial charge in [-0.1, -0.05) is 79.2 Å². The lowest BCUT2D eigenvalue weighted by molar-refractivity contribution is -0.137. The molecule has 17 heteroatoms. The highest BCUT2D eigenvalue weighted by atomic mass is 35.5. The molecule has 2 aliphatic rings. The van der Waals surface area contributed by atoms with Crippen LogP contribution in [0.3, 0.4) is 0 Å². The molecule has 4 N–H and O–H groups in total. The lowest BCUT2D eigenvalue weighted by Gasteiger charge is -2.26. The highest BCUT2D eigenvalue weighted by Gasteiger charge is 2.19. The van der Waals surface area contributed by atoms with Crippen molar-refractivity contribution in [2.24, 2.45) is 0 Å². The van der Waals surface area contributed by atoms with E-state index in [1.54, 1.807) is 53.4 Å². The number of rotatable bonds is 8. The first-order valence-electron chi connectivity index (χ1n) is 19.9. The maximum Gasteiger partial charge on any atom is 0.303 e.